The van der Waals surface area contributed by atoms with Crippen LogP contribution in [0.5, 0.6) is 0 Å². The topological polar surface area (TPSA) is 35.6 Å². The van der Waals surface area contributed by atoms with Gasteiger partial charge in [-0.25, -0.2) is 0 Å². The van der Waals surface area contributed by atoms with Crippen LogP contribution >= 0.6 is 0 Å². The largest absolute Gasteiger partial charge is 0.272 e. The fourth-order valence-electron chi connectivity index (χ4n) is 2.22. The summed E-state index contributed by atoms with van der Waals surface area (Å²) in [4.78, 5) is 0. The first-order chi connectivity index (χ1) is 6.77. The van der Waals surface area contributed by atoms with Crippen molar-refractivity contribution in [1.29, 1.82) is 0 Å². The zero-order valence-corrected chi connectivity index (χ0v) is 8.36. The highest BCUT2D eigenvalue weighted by atomic mass is 15.3. The highest BCUT2D eigenvalue weighted by Crippen LogP contribution is 2.32. The maximum atomic E-state index is 4.29. The number of aromatic nitrogens is 4. The Morgan fingerprint density at radius 3 is 2.71 bits per heavy atom. The van der Waals surface area contributed by atoms with Crippen molar-refractivity contribution in [2.24, 2.45) is 14.1 Å². The van der Waals surface area contributed by atoms with Crippen LogP contribution in [-0.2, 0) is 26.9 Å². The SMILES string of the molecule is Cn1ncc2c1CCc1cnn(C)c1-2. The molecule has 2 aromatic rings. The second-order valence-corrected chi connectivity index (χ2v) is 3.77. The van der Waals surface area contributed by atoms with Crippen LogP contribution in [0.3, 0.4) is 0 Å². The molecule has 0 unspecified atom stereocenters. The molecule has 0 saturated heterocycles. The van der Waals surface area contributed by atoms with Gasteiger partial charge in [0.05, 0.1) is 18.1 Å². The van der Waals surface area contributed by atoms with Gasteiger partial charge in [0.1, 0.15) is 0 Å². The average Bonchev–Trinajstić information content (AvgIpc) is 2.72. The summed E-state index contributed by atoms with van der Waals surface area (Å²) in [6.07, 6.45) is 6.06. The normalized spacial score (nSPS) is 13.9. The first-order valence-corrected chi connectivity index (χ1v) is 4.79. The molecule has 14 heavy (non-hydrogen) atoms. The van der Waals surface area contributed by atoms with Gasteiger partial charge in [-0.1, -0.05) is 0 Å². The quantitative estimate of drug-likeness (QED) is 0.616. The molecular weight excluding hydrogens is 176 g/mol. The molecule has 0 N–H and O–H groups in total. The smallest absolute Gasteiger partial charge is 0.0745 e. The molecule has 0 aromatic carbocycles. The van der Waals surface area contributed by atoms with E-state index in [-0.39, 0.29) is 0 Å². The molecular formula is C10H12N4. The molecule has 0 saturated carbocycles. The van der Waals surface area contributed by atoms with Crippen molar-refractivity contribution < 1.29 is 0 Å². The third-order valence-corrected chi connectivity index (χ3v) is 2.96. The first-order valence-electron chi connectivity index (χ1n) is 4.79. The predicted molar refractivity (Wildman–Crippen MR) is 52.8 cm³/mol. The van der Waals surface area contributed by atoms with Crippen LogP contribution in [-0.4, -0.2) is 19.6 Å². The van der Waals surface area contributed by atoms with Gasteiger partial charge in [0, 0.05) is 25.4 Å². The molecule has 0 aliphatic heterocycles. The minimum atomic E-state index is 1.07. The summed E-state index contributed by atoms with van der Waals surface area (Å²) in [6.45, 7) is 0. The molecule has 0 fully saturated rings. The predicted octanol–water partition coefficient (Wildman–Crippen LogP) is 0.919. The van der Waals surface area contributed by atoms with E-state index in [2.05, 4.69) is 10.2 Å². The lowest BCUT2D eigenvalue weighted by molar-refractivity contribution is 0.698. The van der Waals surface area contributed by atoms with Gasteiger partial charge in [0.15, 0.2) is 0 Å². The summed E-state index contributed by atoms with van der Waals surface area (Å²) < 4.78 is 3.90. The lowest BCUT2D eigenvalue weighted by atomic mass is 9.96. The Balaban J connectivity index is 2.32. The second kappa shape index (κ2) is 2.47. The zero-order valence-electron chi connectivity index (χ0n) is 8.36. The minimum absolute atomic E-state index is 1.07. The molecule has 1 aliphatic rings. The van der Waals surface area contributed by atoms with Gasteiger partial charge in [-0.3, -0.25) is 9.36 Å². The van der Waals surface area contributed by atoms with Crippen molar-refractivity contribution >= 4 is 0 Å². The Hall–Kier alpha value is -1.58. The highest BCUT2D eigenvalue weighted by Gasteiger charge is 2.22. The molecule has 4 nitrogen and oxygen atoms in total. The molecule has 2 aromatic heterocycles. The second-order valence-electron chi connectivity index (χ2n) is 3.77. The van der Waals surface area contributed by atoms with Crippen molar-refractivity contribution in [3.8, 4) is 11.3 Å². The van der Waals surface area contributed by atoms with Crippen molar-refractivity contribution in [3.63, 3.8) is 0 Å². The van der Waals surface area contributed by atoms with Crippen molar-refractivity contribution in [1.82, 2.24) is 19.6 Å². The Bertz CT molecular complexity index is 492. The lowest BCUT2D eigenvalue weighted by Gasteiger charge is -2.13. The fraction of sp³-hybridized carbons (Fsp3) is 0.400. The minimum Gasteiger partial charge on any atom is -0.272 e. The molecule has 1 aliphatic carbocycles. The molecule has 3 rings (SSSR count). The van der Waals surface area contributed by atoms with E-state index in [1.165, 1.54) is 22.5 Å². The van der Waals surface area contributed by atoms with Crippen molar-refractivity contribution in [2.45, 2.75) is 12.8 Å². The van der Waals surface area contributed by atoms with E-state index in [1.54, 1.807) is 0 Å². The zero-order chi connectivity index (χ0) is 9.71. The summed E-state index contributed by atoms with van der Waals surface area (Å²) in [5.74, 6) is 0. The van der Waals surface area contributed by atoms with Crippen LogP contribution in [0.15, 0.2) is 12.4 Å². The van der Waals surface area contributed by atoms with Gasteiger partial charge < -0.3 is 0 Å². The number of rotatable bonds is 0. The molecule has 0 spiro atoms. The summed E-state index contributed by atoms with van der Waals surface area (Å²) >= 11 is 0. The summed E-state index contributed by atoms with van der Waals surface area (Å²) in [7, 11) is 3.99. The standard InChI is InChI=1S/C10H12N4/c1-13-9-4-3-7-5-11-14(2)10(7)8(9)6-12-13/h5-6H,3-4H2,1-2H3. The number of hydrogen-bond acceptors (Lipinski definition) is 2. The monoisotopic (exact) mass is 188 g/mol. The summed E-state index contributed by atoms with van der Waals surface area (Å²) in [6, 6.07) is 0. The van der Waals surface area contributed by atoms with Gasteiger partial charge in [-0.2, -0.15) is 10.2 Å². The van der Waals surface area contributed by atoms with Gasteiger partial charge in [0.25, 0.3) is 0 Å². The van der Waals surface area contributed by atoms with Crippen LogP contribution in [0.2, 0.25) is 0 Å². The Kier molecular flexibility index (Phi) is 1.37. The van der Waals surface area contributed by atoms with Gasteiger partial charge in [-0.15, -0.1) is 0 Å². The molecule has 4 heteroatoms. The number of hydrogen-bond donors (Lipinski definition) is 0. The average molecular weight is 188 g/mol. The molecule has 72 valence electrons. The van der Waals surface area contributed by atoms with Crippen LogP contribution in [0.1, 0.15) is 11.3 Å². The maximum absolute atomic E-state index is 4.29. The molecule has 0 amide bonds. The molecule has 2 heterocycles. The van der Waals surface area contributed by atoms with E-state index < -0.39 is 0 Å². The van der Waals surface area contributed by atoms with Crippen LogP contribution < -0.4 is 0 Å². The van der Waals surface area contributed by atoms with Crippen LogP contribution in [0.25, 0.3) is 11.3 Å². The third-order valence-electron chi connectivity index (χ3n) is 2.96. The number of fused-ring (bicyclic) bond motifs is 3. The summed E-state index contributed by atoms with van der Waals surface area (Å²) in [5.41, 5.74) is 5.14. The van der Waals surface area contributed by atoms with Gasteiger partial charge in [0.2, 0.25) is 0 Å². The molecule has 0 bridgehead atoms. The highest BCUT2D eigenvalue weighted by molar-refractivity contribution is 5.67. The Morgan fingerprint density at radius 1 is 1.07 bits per heavy atom. The van der Waals surface area contributed by atoms with Crippen LogP contribution in [0.4, 0.5) is 0 Å². The van der Waals surface area contributed by atoms with E-state index in [0.717, 1.165) is 12.8 Å². The van der Waals surface area contributed by atoms with Gasteiger partial charge in [-0.05, 0) is 18.4 Å². The van der Waals surface area contributed by atoms with Crippen LogP contribution in [0, 0.1) is 0 Å². The van der Waals surface area contributed by atoms with E-state index in [0.29, 0.717) is 0 Å². The third kappa shape index (κ3) is 0.828. The van der Waals surface area contributed by atoms with E-state index in [4.69, 9.17) is 0 Å². The number of nitrogens with zero attached hydrogens (tertiary/aromatic N) is 4. The van der Waals surface area contributed by atoms with Crippen molar-refractivity contribution in [3.05, 3.63) is 23.7 Å². The fourth-order valence-corrected chi connectivity index (χ4v) is 2.22. The van der Waals surface area contributed by atoms with Crippen molar-refractivity contribution in [2.75, 3.05) is 0 Å². The maximum Gasteiger partial charge on any atom is 0.0745 e. The van der Waals surface area contributed by atoms with Gasteiger partial charge >= 0.3 is 0 Å². The van der Waals surface area contributed by atoms with E-state index >= 15 is 0 Å². The van der Waals surface area contributed by atoms with E-state index in [9.17, 15) is 0 Å². The number of aryl methyl sites for hydroxylation is 3. The Morgan fingerprint density at radius 2 is 1.86 bits per heavy atom. The summed E-state index contributed by atoms with van der Waals surface area (Å²) in [5, 5.41) is 8.58. The lowest BCUT2D eigenvalue weighted by Crippen LogP contribution is -2.08. The Labute approximate surface area is 82.2 Å². The first kappa shape index (κ1) is 7.79. The van der Waals surface area contributed by atoms with E-state index in [1.807, 2.05) is 35.9 Å². The molecule has 0 atom stereocenters. The molecule has 0 radical (unpaired) electrons.